The van der Waals surface area contributed by atoms with Crippen molar-refractivity contribution in [2.24, 2.45) is 0 Å². The number of carbonyl (C=O) groups is 1. The normalized spacial score (nSPS) is 20.9. The molecule has 3 heteroatoms. The van der Waals surface area contributed by atoms with E-state index in [2.05, 4.69) is 13.8 Å². The van der Waals surface area contributed by atoms with E-state index >= 15 is 0 Å². The molecule has 0 unspecified atom stereocenters. The van der Waals surface area contributed by atoms with Gasteiger partial charge in [-0.1, -0.05) is 12.8 Å². The van der Waals surface area contributed by atoms with Crippen molar-refractivity contribution in [3.8, 4) is 0 Å². The fourth-order valence-corrected chi connectivity index (χ4v) is 1.59. The Balaban J connectivity index is 0.00000144. The molecular formula is C10H18NOY-. The quantitative estimate of drug-likeness (QED) is 0.419. The van der Waals surface area contributed by atoms with Crippen LogP contribution in [0.3, 0.4) is 0 Å². The average molecular weight is 257 g/mol. The molecule has 1 aliphatic heterocycles. The Morgan fingerprint density at radius 3 is 2.62 bits per heavy atom. The molecule has 0 N–H and O–H groups in total. The molecule has 0 aromatic heterocycles. The number of rotatable bonds is 5. The summed E-state index contributed by atoms with van der Waals surface area (Å²) in [6, 6.07) is 0.497. The summed E-state index contributed by atoms with van der Waals surface area (Å²) in [5.74, 6) is 0.331. The molecule has 1 rings (SSSR count). The van der Waals surface area contributed by atoms with E-state index in [1.54, 1.807) is 0 Å². The minimum absolute atomic E-state index is 0. The van der Waals surface area contributed by atoms with Crippen LogP contribution in [0.15, 0.2) is 0 Å². The second kappa shape index (κ2) is 6.94. The maximum atomic E-state index is 11.0. The molecule has 0 bridgehead atoms. The zero-order valence-electron chi connectivity index (χ0n) is 8.46. The smallest absolute Gasteiger partial charge is 0.224 e. The molecule has 13 heavy (non-hydrogen) atoms. The summed E-state index contributed by atoms with van der Waals surface area (Å²) in [7, 11) is 0. The molecule has 1 fully saturated rings. The van der Waals surface area contributed by atoms with Gasteiger partial charge in [-0.05, 0) is 13.3 Å². The van der Waals surface area contributed by atoms with Gasteiger partial charge >= 0.3 is 0 Å². The number of β-lactam (4-membered cyclic amide) rings is 1. The van der Waals surface area contributed by atoms with Crippen molar-refractivity contribution < 1.29 is 37.5 Å². The van der Waals surface area contributed by atoms with Crippen molar-refractivity contribution in [3.05, 3.63) is 6.92 Å². The number of nitrogens with zero attached hydrogens (tertiary/aromatic N) is 1. The molecule has 0 aliphatic carbocycles. The van der Waals surface area contributed by atoms with E-state index in [-0.39, 0.29) is 32.7 Å². The number of unbranched alkanes of at least 4 members (excludes halogenated alkanes) is 3. The van der Waals surface area contributed by atoms with E-state index < -0.39 is 0 Å². The average Bonchev–Trinajstić information content (AvgIpc) is 2.04. The Bertz CT molecular complexity index is 161. The molecule has 0 aromatic carbocycles. The third-order valence-corrected chi connectivity index (χ3v) is 2.47. The first-order valence-electron chi connectivity index (χ1n) is 4.84. The largest absolute Gasteiger partial charge is 0.343 e. The van der Waals surface area contributed by atoms with E-state index in [9.17, 15) is 4.79 Å². The van der Waals surface area contributed by atoms with Gasteiger partial charge < -0.3 is 11.8 Å². The van der Waals surface area contributed by atoms with Crippen LogP contribution in [0.1, 0.15) is 39.0 Å². The van der Waals surface area contributed by atoms with E-state index in [4.69, 9.17) is 0 Å². The Labute approximate surface area is 106 Å². The van der Waals surface area contributed by atoms with Crippen molar-refractivity contribution in [3.63, 3.8) is 0 Å². The third kappa shape index (κ3) is 4.08. The van der Waals surface area contributed by atoms with Gasteiger partial charge in [-0.3, -0.25) is 4.79 Å². The molecule has 1 amide bonds. The van der Waals surface area contributed by atoms with Crippen molar-refractivity contribution in [1.82, 2.24) is 4.90 Å². The summed E-state index contributed by atoms with van der Waals surface area (Å²) < 4.78 is 0. The fraction of sp³-hybridized carbons (Fsp3) is 0.800. The first kappa shape index (κ1) is 13.6. The molecule has 0 spiro atoms. The van der Waals surface area contributed by atoms with Gasteiger partial charge in [-0.25, -0.2) is 0 Å². The van der Waals surface area contributed by atoms with Crippen LogP contribution in [0.2, 0.25) is 0 Å². The Hall–Kier alpha value is 0.574. The second-order valence-electron chi connectivity index (χ2n) is 3.55. The number of carbonyl (C=O) groups excluding carboxylic acids is 1. The maximum absolute atomic E-state index is 11.0. The summed E-state index contributed by atoms with van der Waals surface area (Å²) >= 11 is 0. The van der Waals surface area contributed by atoms with Gasteiger partial charge in [0.25, 0.3) is 0 Å². The molecule has 0 saturated carbocycles. The predicted octanol–water partition coefficient (Wildman–Crippen LogP) is 2.00. The van der Waals surface area contributed by atoms with E-state index in [1.807, 2.05) is 4.90 Å². The molecule has 0 aromatic rings. The van der Waals surface area contributed by atoms with Gasteiger partial charge in [-0.2, -0.15) is 6.42 Å². The Morgan fingerprint density at radius 2 is 2.15 bits per heavy atom. The first-order valence-corrected chi connectivity index (χ1v) is 4.84. The monoisotopic (exact) mass is 257 g/mol. The van der Waals surface area contributed by atoms with Gasteiger partial charge in [0.15, 0.2) is 0 Å². The summed E-state index contributed by atoms with van der Waals surface area (Å²) in [4.78, 5) is 13.0. The predicted molar refractivity (Wildman–Crippen MR) is 49.6 cm³/mol. The van der Waals surface area contributed by atoms with Crippen LogP contribution in [-0.4, -0.2) is 23.4 Å². The zero-order valence-corrected chi connectivity index (χ0v) is 11.3. The molecule has 73 valence electrons. The third-order valence-electron chi connectivity index (χ3n) is 2.47. The number of likely N-dealkylation sites (tertiary alicyclic amines) is 1. The van der Waals surface area contributed by atoms with Gasteiger partial charge in [0.2, 0.25) is 5.91 Å². The minimum Gasteiger partial charge on any atom is -0.343 e. The zero-order chi connectivity index (χ0) is 8.97. The second-order valence-corrected chi connectivity index (χ2v) is 3.55. The SMILES string of the molecule is [CH2-]CCCCCN1C(=O)C[C@@H]1C.[Y]. The van der Waals surface area contributed by atoms with Gasteiger partial charge in [0.1, 0.15) is 0 Å². The van der Waals surface area contributed by atoms with Crippen LogP contribution in [0.5, 0.6) is 0 Å². The molecule has 2 nitrogen and oxygen atoms in total. The Kier molecular flexibility index (Phi) is 7.25. The summed E-state index contributed by atoms with van der Waals surface area (Å²) in [5.41, 5.74) is 0. The number of hydrogen-bond donors (Lipinski definition) is 0. The van der Waals surface area contributed by atoms with Crippen LogP contribution >= 0.6 is 0 Å². The summed E-state index contributed by atoms with van der Waals surface area (Å²) in [6.07, 6.45) is 5.32. The van der Waals surface area contributed by atoms with Crippen LogP contribution in [0, 0.1) is 6.92 Å². The van der Waals surface area contributed by atoms with Crippen molar-refractivity contribution >= 4 is 5.91 Å². The van der Waals surface area contributed by atoms with Gasteiger partial charge in [0.05, 0.1) is 0 Å². The molecule has 1 heterocycles. The van der Waals surface area contributed by atoms with E-state index in [0.29, 0.717) is 11.9 Å². The number of amides is 1. The molecule has 1 aliphatic rings. The van der Waals surface area contributed by atoms with Crippen LogP contribution in [0.25, 0.3) is 0 Å². The van der Waals surface area contributed by atoms with Crippen LogP contribution in [-0.2, 0) is 37.5 Å². The van der Waals surface area contributed by atoms with Crippen molar-refractivity contribution in [1.29, 1.82) is 0 Å². The Morgan fingerprint density at radius 1 is 1.46 bits per heavy atom. The molecule has 1 radical (unpaired) electrons. The standard InChI is InChI=1S/C10H18NO.Y/c1-3-4-5-6-7-11-9(2)8-10(11)12;/h9H,1,3-8H2,2H3;/q-1;/t9-;/m0./s1. The fourth-order valence-electron chi connectivity index (χ4n) is 1.59. The first-order chi connectivity index (χ1) is 5.75. The summed E-state index contributed by atoms with van der Waals surface area (Å²) in [5, 5.41) is 0. The van der Waals surface area contributed by atoms with E-state index in [0.717, 1.165) is 25.8 Å². The van der Waals surface area contributed by atoms with E-state index in [1.165, 1.54) is 12.8 Å². The summed E-state index contributed by atoms with van der Waals surface area (Å²) in [6.45, 7) is 6.86. The molecule has 1 saturated heterocycles. The van der Waals surface area contributed by atoms with Gasteiger partial charge in [-0.15, -0.1) is 0 Å². The van der Waals surface area contributed by atoms with Gasteiger partial charge in [0, 0.05) is 51.7 Å². The number of hydrogen-bond acceptors (Lipinski definition) is 1. The van der Waals surface area contributed by atoms with Crippen LogP contribution in [0.4, 0.5) is 0 Å². The minimum atomic E-state index is 0. The van der Waals surface area contributed by atoms with Crippen LogP contribution < -0.4 is 0 Å². The molecule has 1 atom stereocenters. The topological polar surface area (TPSA) is 20.3 Å². The maximum Gasteiger partial charge on any atom is 0.224 e. The van der Waals surface area contributed by atoms with Crippen molar-refractivity contribution in [2.45, 2.75) is 45.1 Å². The molecular weight excluding hydrogens is 239 g/mol. The van der Waals surface area contributed by atoms with Crippen molar-refractivity contribution in [2.75, 3.05) is 6.54 Å².